The van der Waals surface area contributed by atoms with E-state index in [2.05, 4.69) is 58.5 Å². The van der Waals surface area contributed by atoms with Gasteiger partial charge < -0.3 is 10.1 Å². The highest BCUT2D eigenvalue weighted by molar-refractivity contribution is 7.99. The molecule has 1 aliphatic rings. The first-order chi connectivity index (χ1) is 15.1. The summed E-state index contributed by atoms with van der Waals surface area (Å²) in [4.78, 5) is 14.8. The Balaban J connectivity index is 1.31. The number of ether oxygens (including phenoxy) is 1. The number of rotatable bonds is 7. The maximum Gasteiger partial charge on any atom is 0.234 e. The van der Waals surface area contributed by atoms with E-state index in [4.69, 9.17) is 4.74 Å². The van der Waals surface area contributed by atoms with Crippen LogP contribution in [0.25, 0.3) is 5.69 Å². The number of aromatic nitrogens is 3. The van der Waals surface area contributed by atoms with Crippen LogP contribution in [0.1, 0.15) is 16.7 Å². The molecule has 7 nitrogen and oxygen atoms in total. The number of carbonyl (C=O) groups is 1. The predicted octanol–water partition coefficient (Wildman–Crippen LogP) is 3.45. The fourth-order valence-corrected chi connectivity index (χ4v) is 4.14. The van der Waals surface area contributed by atoms with E-state index in [9.17, 15) is 4.79 Å². The molecule has 0 radical (unpaired) electrons. The first-order valence-corrected chi connectivity index (χ1v) is 11.4. The molecule has 8 heteroatoms. The zero-order chi connectivity index (χ0) is 21.6. The van der Waals surface area contributed by atoms with Gasteiger partial charge in [-0.3, -0.25) is 14.3 Å². The number of thioether (sulfide) groups is 1. The Bertz CT molecular complexity index is 1030. The summed E-state index contributed by atoms with van der Waals surface area (Å²) in [5.74, 6) is 0.194. The lowest BCUT2D eigenvalue weighted by molar-refractivity contribution is -0.113. The zero-order valence-corrected chi connectivity index (χ0v) is 18.7. The van der Waals surface area contributed by atoms with Crippen LogP contribution in [0.2, 0.25) is 0 Å². The standard InChI is InChI=1S/C23H27N5O2S/c1-17-3-8-21(13-18(17)2)28-16-24-26-23(28)31-15-22(29)25-20-6-4-19(5-7-20)14-27-9-11-30-12-10-27/h3-8,13,16H,9-12,14-15H2,1-2H3,(H,25,29). The van der Waals surface area contributed by atoms with Gasteiger partial charge >= 0.3 is 0 Å². The van der Waals surface area contributed by atoms with E-state index in [1.165, 1.54) is 28.5 Å². The summed E-state index contributed by atoms with van der Waals surface area (Å²) in [5.41, 5.74) is 5.47. The second-order valence-electron chi connectivity index (χ2n) is 7.67. The van der Waals surface area contributed by atoms with E-state index >= 15 is 0 Å². The summed E-state index contributed by atoms with van der Waals surface area (Å²) in [6.45, 7) is 8.58. The number of benzene rings is 2. The molecule has 1 amide bonds. The summed E-state index contributed by atoms with van der Waals surface area (Å²) in [7, 11) is 0. The maximum absolute atomic E-state index is 12.4. The summed E-state index contributed by atoms with van der Waals surface area (Å²) in [6.07, 6.45) is 1.68. The Labute approximate surface area is 186 Å². The molecule has 31 heavy (non-hydrogen) atoms. The lowest BCUT2D eigenvalue weighted by Crippen LogP contribution is -2.35. The van der Waals surface area contributed by atoms with Gasteiger partial charge in [-0.05, 0) is 54.8 Å². The number of hydrogen-bond donors (Lipinski definition) is 1. The van der Waals surface area contributed by atoms with Crippen LogP contribution in [0.15, 0.2) is 53.9 Å². The van der Waals surface area contributed by atoms with Gasteiger partial charge in [-0.15, -0.1) is 10.2 Å². The zero-order valence-electron chi connectivity index (χ0n) is 17.9. The maximum atomic E-state index is 12.4. The van der Waals surface area contributed by atoms with Crippen LogP contribution < -0.4 is 5.32 Å². The van der Waals surface area contributed by atoms with Crippen molar-refractivity contribution in [1.29, 1.82) is 0 Å². The normalized spacial score (nSPS) is 14.5. The van der Waals surface area contributed by atoms with Gasteiger partial charge in [0.05, 0.1) is 19.0 Å². The fraction of sp³-hybridized carbons (Fsp3) is 0.348. The topological polar surface area (TPSA) is 72.3 Å². The van der Waals surface area contributed by atoms with Crippen LogP contribution in [-0.2, 0) is 16.1 Å². The SMILES string of the molecule is Cc1ccc(-n2cnnc2SCC(=O)Nc2ccc(CN3CCOCC3)cc2)cc1C. The van der Waals surface area contributed by atoms with E-state index in [0.29, 0.717) is 5.16 Å². The van der Waals surface area contributed by atoms with E-state index < -0.39 is 0 Å². The molecule has 1 saturated heterocycles. The van der Waals surface area contributed by atoms with Gasteiger partial charge in [-0.2, -0.15) is 0 Å². The number of nitrogens with one attached hydrogen (secondary N) is 1. The first-order valence-electron chi connectivity index (χ1n) is 10.4. The lowest BCUT2D eigenvalue weighted by atomic mass is 10.1. The van der Waals surface area contributed by atoms with E-state index in [0.717, 1.165) is 44.2 Å². The average Bonchev–Trinajstić information content (AvgIpc) is 3.25. The molecule has 1 N–H and O–H groups in total. The number of hydrogen-bond acceptors (Lipinski definition) is 6. The van der Waals surface area contributed by atoms with Gasteiger partial charge in [0.2, 0.25) is 5.91 Å². The first kappa shape index (κ1) is 21.5. The molecule has 1 aliphatic heterocycles. The molecule has 0 aliphatic carbocycles. The van der Waals surface area contributed by atoms with E-state index in [1.54, 1.807) is 6.33 Å². The Morgan fingerprint density at radius 2 is 1.87 bits per heavy atom. The van der Waals surface area contributed by atoms with Crippen molar-refractivity contribution in [1.82, 2.24) is 19.7 Å². The molecule has 0 bridgehead atoms. The van der Waals surface area contributed by atoms with Gasteiger partial charge in [0.25, 0.3) is 0 Å². The molecule has 1 fully saturated rings. The van der Waals surface area contributed by atoms with E-state index in [-0.39, 0.29) is 11.7 Å². The molecule has 2 heterocycles. The molecule has 1 aromatic heterocycles. The molecule has 0 unspecified atom stereocenters. The second-order valence-corrected chi connectivity index (χ2v) is 8.62. The fourth-order valence-electron chi connectivity index (χ4n) is 3.41. The number of amides is 1. The molecule has 2 aromatic carbocycles. The van der Waals surface area contributed by atoms with Crippen molar-refractivity contribution in [3.63, 3.8) is 0 Å². The summed E-state index contributed by atoms with van der Waals surface area (Å²) in [5, 5.41) is 11.8. The van der Waals surface area contributed by atoms with Gasteiger partial charge in [0.15, 0.2) is 5.16 Å². The largest absolute Gasteiger partial charge is 0.379 e. The molecule has 162 valence electrons. The number of morpholine rings is 1. The van der Waals surface area contributed by atoms with Gasteiger partial charge in [0, 0.05) is 31.0 Å². The van der Waals surface area contributed by atoms with Crippen molar-refractivity contribution in [2.75, 3.05) is 37.4 Å². The Morgan fingerprint density at radius 3 is 2.61 bits per heavy atom. The smallest absolute Gasteiger partial charge is 0.234 e. The third kappa shape index (κ3) is 5.72. The highest BCUT2D eigenvalue weighted by Crippen LogP contribution is 2.22. The van der Waals surface area contributed by atoms with Crippen LogP contribution in [0.3, 0.4) is 0 Å². The highest BCUT2D eigenvalue weighted by Gasteiger charge is 2.12. The average molecular weight is 438 g/mol. The second kappa shape index (κ2) is 10.1. The third-order valence-electron chi connectivity index (χ3n) is 5.37. The number of nitrogens with zero attached hydrogens (tertiary/aromatic N) is 4. The monoisotopic (exact) mass is 437 g/mol. The Morgan fingerprint density at radius 1 is 1.10 bits per heavy atom. The van der Waals surface area contributed by atoms with Gasteiger partial charge in [-0.1, -0.05) is 30.0 Å². The van der Waals surface area contributed by atoms with Crippen molar-refractivity contribution in [2.24, 2.45) is 0 Å². The third-order valence-corrected chi connectivity index (χ3v) is 6.31. The van der Waals surface area contributed by atoms with Crippen LogP contribution in [-0.4, -0.2) is 57.6 Å². The summed E-state index contributed by atoms with van der Waals surface area (Å²) in [6, 6.07) is 14.2. The molecular formula is C23H27N5O2S. The molecule has 0 spiro atoms. The highest BCUT2D eigenvalue weighted by atomic mass is 32.2. The van der Waals surface area contributed by atoms with E-state index in [1.807, 2.05) is 22.8 Å². The predicted molar refractivity (Wildman–Crippen MR) is 123 cm³/mol. The van der Waals surface area contributed by atoms with Crippen LogP contribution >= 0.6 is 11.8 Å². The minimum atomic E-state index is -0.0689. The number of aryl methyl sites for hydroxylation is 2. The van der Waals surface area contributed by atoms with Gasteiger partial charge in [0.1, 0.15) is 6.33 Å². The number of anilines is 1. The van der Waals surface area contributed by atoms with Crippen molar-refractivity contribution in [3.8, 4) is 5.69 Å². The van der Waals surface area contributed by atoms with Crippen molar-refractivity contribution in [3.05, 3.63) is 65.5 Å². The lowest BCUT2D eigenvalue weighted by Gasteiger charge is -2.26. The summed E-state index contributed by atoms with van der Waals surface area (Å²) >= 11 is 1.37. The van der Waals surface area contributed by atoms with Crippen LogP contribution in [0, 0.1) is 13.8 Å². The van der Waals surface area contributed by atoms with Crippen molar-refractivity contribution < 1.29 is 9.53 Å². The minimum absolute atomic E-state index is 0.0689. The van der Waals surface area contributed by atoms with Crippen molar-refractivity contribution >= 4 is 23.4 Å². The molecule has 0 atom stereocenters. The quantitative estimate of drug-likeness (QED) is 0.571. The molecule has 3 aromatic rings. The summed E-state index contributed by atoms with van der Waals surface area (Å²) < 4.78 is 7.30. The molecular weight excluding hydrogens is 410 g/mol. The van der Waals surface area contributed by atoms with Crippen molar-refractivity contribution in [2.45, 2.75) is 25.5 Å². The molecule has 0 saturated carbocycles. The van der Waals surface area contributed by atoms with Gasteiger partial charge in [-0.25, -0.2) is 0 Å². The Hall–Kier alpha value is -2.68. The molecule has 4 rings (SSSR count). The Kier molecular flexibility index (Phi) is 7.01. The number of carbonyl (C=O) groups excluding carboxylic acids is 1. The minimum Gasteiger partial charge on any atom is -0.379 e. The van der Waals surface area contributed by atoms with Crippen LogP contribution in [0.5, 0.6) is 0 Å². The van der Waals surface area contributed by atoms with Crippen LogP contribution in [0.4, 0.5) is 5.69 Å².